The number of carbonyl (C=O) groups excluding carboxylic acids is 2. The quantitative estimate of drug-likeness (QED) is 0.355. The maximum Gasteiger partial charge on any atom is 0.233 e. The molecule has 84 valence electrons. The Morgan fingerprint density at radius 2 is 2.07 bits per heavy atom. The van der Waals surface area contributed by atoms with Gasteiger partial charge in [0, 0.05) is 13.0 Å². The van der Waals surface area contributed by atoms with Crippen LogP contribution in [0.4, 0.5) is 0 Å². The molecule has 0 aromatic rings. The molecule has 2 amide bonds. The molecule has 4 N–H and O–H groups in total. The summed E-state index contributed by atoms with van der Waals surface area (Å²) in [5, 5.41) is 5.46. The summed E-state index contributed by atoms with van der Waals surface area (Å²) in [6.45, 7) is 1.17. The molecule has 0 aromatic carbocycles. The van der Waals surface area contributed by atoms with E-state index in [4.69, 9.17) is 12.2 Å². The summed E-state index contributed by atoms with van der Waals surface area (Å²) in [6, 6.07) is 0. The van der Waals surface area contributed by atoms with Crippen LogP contribution in [-0.2, 0) is 9.59 Å². The second-order valence-electron chi connectivity index (χ2n) is 3.08. The lowest BCUT2D eigenvalue weighted by molar-refractivity contribution is -0.120. The maximum atomic E-state index is 11.1. The fourth-order valence-corrected chi connectivity index (χ4v) is 0.963. The van der Waals surface area contributed by atoms with E-state index in [1.165, 1.54) is 0 Å². The van der Waals surface area contributed by atoms with Crippen molar-refractivity contribution in [2.45, 2.75) is 19.3 Å². The van der Waals surface area contributed by atoms with Crippen LogP contribution in [0.2, 0.25) is 0 Å². The van der Waals surface area contributed by atoms with Gasteiger partial charge in [-0.25, -0.2) is 0 Å². The molecule has 5 nitrogen and oxygen atoms in total. The highest BCUT2D eigenvalue weighted by molar-refractivity contribution is 5.78. The fraction of sp³-hybridized carbons (Fsp3) is 0.600. The van der Waals surface area contributed by atoms with Crippen LogP contribution in [0.5, 0.6) is 0 Å². The van der Waals surface area contributed by atoms with Crippen LogP contribution in [-0.4, -0.2) is 31.4 Å². The minimum absolute atomic E-state index is 0.0932. The van der Waals surface area contributed by atoms with Crippen molar-refractivity contribution in [3.63, 3.8) is 0 Å². The highest BCUT2D eigenvalue weighted by Crippen LogP contribution is 1.91. The molecule has 0 atom stereocenters. The van der Waals surface area contributed by atoms with E-state index in [1.54, 1.807) is 0 Å². The largest absolute Gasteiger partial charge is 0.370 e. The molecule has 0 aliphatic carbocycles. The van der Waals surface area contributed by atoms with Crippen LogP contribution in [0.1, 0.15) is 19.3 Å². The van der Waals surface area contributed by atoms with Gasteiger partial charge in [0.25, 0.3) is 0 Å². The van der Waals surface area contributed by atoms with E-state index >= 15 is 0 Å². The second kappa shape index (κ2) is 9.03. The van der Waals surface area contributed by atoms with Gasteiger partial charge in [-0.05, 0) is 12.8 Å². The van der Waals surface area contributed by atoms with E-state index in [9.17, 15) is 9.59 Å². The van der Waals surface area contributed by atoms with E-state index in [0.29, 0.717) is 25.9 Å². The zero-order valence-electron chi connectivity index (χ0n) is 8.71. The van der Waals surface area contributed by atoms with Crippen molar-refractivity contribution in [2.75, 3.05) is 19.6 Å². The molecule has 5 heteroatoms. The summed E-state index contributed by atoms with van der Waals surface area (Å²) in [4.78, 5) is 21.5. The second-order valence-corrected chi connectivity index (χ2v) is 3.08. The summed E-state index contributed by atoms with van der Waals surface area (Å²) < 4.78 is 0. The van der Waals surface area contributed by atoms with Gasteiger partial charge in [-0.2, -0.15) is 0 Å². The molecule has 0 aliphatic rings. The van der Waals surface area contributed by atoms with Crippen molar-refractivity contribution in [1.82, 2.24) is 10.6 Å². The minimum Gasteiger partial charge on any atom is -0.370 e. The molecule has 0 spiro atoms. The van der Waals surface area contributed by atoms with E-state index < -0.39 is 0 Å². The normalized spacial score (nSPS) is 9.27. The third-order valence-corrected chi connectivity index (χ3v) is 1.68. The van der Waals surface area contributed by atoms with Crippen molar-refractivity contribution in [3.05, 3.63) is 0 Å². The standard InChI is InChI=1S/C10H17N3O2/c1-2-6-12-8-10(15)13-7-4-3-5-9(11)14/h1,12H,3-8H2,(H2,11,14)(H,13,15). The zero-order chi connectivity index (χ0) is 11.5. The molecule has 0 heterocycles. The first-order valence-corrected chi connectivity index (χ1v) is 4.86. The first-order chi connectivity index (χ1) is 7.16. The number of carbonyl (C=O) groups is 2. The molecule has 0 radical (unpaired) electrons. The number of terminal acetylenes is 1. The van der Waals surface area contributed by atoms with Crippen molar-refractivity contribution >= 4 is 11.8 Å². The first kappa shape index (κ1) is 13.5. The third-order valence-electron chi connectivity index (χ3n) is 1.68. The third kappa shape index (κ3) is 10.4. The Morgan fingerprint density at radius 3 is 2.67 bits per heavy atom. The van der Waals surface area contributed by atoms with E-state index in [1.807, 2.05) is 0 Å². The molecule has 0 saturated carbocycles. The van der Waals surface area contributed by atoms with Gasteiger partial charge in [-0.3, -0.25) is 14.9 Å². The Kier molecular flexibility index (Phi) is 8.10. The summed E-state index contributed by atoms with van der Waals surface area (Å²) in [5.74, 6) is 1.97. The number of primary amides is 1. The van der Waals surface area contributed by atoms with Crippen molar-refractivity contribution in [3.8, 4) is 12.3 Å². The number of nitrogens with two attached hydrogens (primary N) is 1. The van der Waals surface area contributed by atoms with Gasteiger partial charge in [0.05, 0.1) is 13.1 Å². The predicted molar refractivity (Wildman–Crippen MR) is 57.8 cm³/mol. The maximum absolute atomic E-state index is 11.1. The molecular formula is C10H17N3O2. The molecule has 0 fully saturated rings. The first-order valence-electron chi connectivity index (χ1n) is 4.86. The highest BCUT2D eigenvalue weighted by Gasteiger charge is 1.99. The van der Waals surface area contributed by atoms with Crippen LogP contribution in [0.25, 0.3) is 0 Å². The van der Waals surface area contributed by atoms with Gasteiger partial charge in [-0.1, -0.05) is 5.92 Å². The van der Waals surface area contributed by atoms with Gasteiger partial charge in [-0.15, -0.1) is 6.42 Å². The smallest absolute Gasteiger partial charge is 0.233 e. The zero-order valence-corrected chi connectivity index (χ0v) is 8.71. The van der Waals surface area contributed by atoms with Crippen molar-refractivity contribution in [2.24, 2.45) is 5.73 Å². The molecule has 15 heavy (non-hydrogen) atoms. The molecule has 0 bridgehead atoms. The van der Waals surface area contributed by atoms with Gasteiger partial charge in [0.1, 0.15) is 0 Å². The van der Waals surface area contributed by atoms with Gasteiger partial charge in [0.15, 0.2) is 0 Å². The number of nitrogens with one attached hydrogen (secondary N) is 2. The molecule has 0 rings (SSSR count). The van der Waals surface area contributed by atoms with Crippen molar-refractivity contribution in [1.29, 1.82) is 0 Å². The number of rotatable bonds is 8. The molecule has 0 aliphatic heterocycles. The average Bonchev–Trinajstić information content (AvgIpc) is 2.17. The molecule has 0 saturated heterocycles. The van der Waals surface area contributed by atoms with Crippen LogP contribution in [0, 0.1) is 12.3 Å². The summed E-state index contributed by atoms with van der Waals surface area (Å²) in [7, 11) is 0. The Bertz CT molecular complexity index is 246. The predicted octanol–water partition coefficient (Wildman–Crippen LogP) is -1.02. The van der Waals surface area contributed by atoms with Crippen LogP contribution in [0.15, 0.2) is 0 Å². The number of unbranched alkanes of at least 4 members (excludes halogenated alkanes) is 1. The SMILES string of the molecule is C#CCNCC(=O)NCCCCC(N)=O. The Balaban J connectivity index is 3.24. The fourth-order valence-electron chi connectivity index (χ4n) is 0.963. The molecular weight excluding hydrogens is 194 g/mol. The lowest BCUT2D eigenvalue weighted by Crippen LogP contribution is -2.34. The number of hydrogen-bond acceptors (Lipinski definition) is 3. The topological polar surface area (TPSA) is 84.2 Å². The van der Waals surface area contributed by atoms with E-state index in [2.05, 4.69) is 16.6 Å². The lowest BCUT2D eigenvalue weighted by Gasteiger charge is -2.04. The highest BCUT2D eigenvalue weighted by atomic mass is 16.2. The monoisotopic (exact) mass is 211 g/mol. The summed E-state index contributed by atoms with van der Waals surface area (Å²) in [6.07, 6.45) is 6.82. The number of amides is 2. The van der Waals surface area contributed by atoms with Gasteiger partial charge < -0.3 is 11.1 Å². The lowest BCUT2D eigenvalue weighted by atomic mass is 10.2. The van der Waals surface area contributed by atoms with Crippen LogP contribution >= 0.6 is 0 Å². The average molecular weight is 211 g/mol. The van der Waals surface area contributed by atoms with Gasteiger partial charge >= 0.3 is 0 Å². The summed E-state index contributed by atoms with van der Waals surface area (Å²) >= 11 is 0. The van der Waals surface area contributed by atoms with E-state index in [-0.39, 0.29) is 18.4 Å². The number of hydrogen-bond donors (Lipinski definition) is 3. The van der Waals surface area contributed by atoms with Crippen LogP contribution in [0.3, 0.4) is 0 Å². The Hall–Kier alpha value is -1.54. The molecule has 0 unspecified atom stereocenters. The minimum atomic E-state index is -0.308. The van der Waals surface area contributed by atoms with E-state index in [0.717, 1.165) is 6.42 Å². The molecule has 0 aromatic heterocycles. The van der Waals surface area contributed by atoms with Crippen LogP contribution < -0.4 is 16.4 Å². The Morgan fingerprint density at radius 1 is 1.33 bits per heavy atom. The Labute approximate surface area is 89.8 Å². The summed E-state index contributed by atoms with van der Waals surface area (Å²) in [5.41, 5.74) is 4.96. The van der Waals surface area contributed by atoms with Crippen molar-refractivity contribution < 1.29 is 9.59 Å². The van der Waals surface area contributed by atoms with Gasteiger partial charge in [0.2, 0.25) is 11.8 Å².